The van der Waals surface area contributed by atoms with Crippen molar-refractivity contribution in [3.8, 4) is 0 Å². The van der Waals surface area contributed by atoms with E-state index < -0.39 is 0 Å². The second-order valence-electron chi connectivity index (χ2n) is 5.22. The summed E-state index contributed by atoms with van der Waals surface area (Å²) in [6, 6.07) is 6.68. The van der Waals surface area contributed by atoms with Crippen LogP contribution >= 0.6 is 0 Å². The van der Waals surface area contributed by atoms with Crippen molar-refractivity contribution >= 4 is 5.69 Å². The highest BCUT2D eigenvalue weighted by Crippen LogP contribution is 2.33. The van der Waals surface area contributed by atoms with Crippen molar-refractivity contribution in [3.05, 3.63) is 29.3 Å². The Labute approximate surface area is 98.4 Å². The van der Waals surface area contributed by atoms with Crippen molar-refractivity contribution in [2.75, 3.05) is 18.0 Å². The summed E-state index contributed by atoms with van der Waals surface area (Å²) < 4.78 is 0. The topological polar surface area (TPSA) is 29.3 Å². The molecular weight excluding hydrogens is 196 g/mol. The highest BCUT2D eigenvalue weighted by atomic mass is 15.1. The highest BCUT2D eigenvalue weighted by molar-refractivity contribution is 5.61. The van der Waals surface area contributed by atoms with Crippen molar-refractivity contribution < 1.29 is 0 Å². The monoisotopic (exact) mass is 218 g/mol. The first kappa shape index (κ1) is 11.5. The molecule has 0 saturated carbocycles. The van der Waals surface area contributed by atoms with Gasteiger partial charge in [-0.3, -0.25) is 0 Å². The first-order valence-electron chi connectivity index (χ1n) is 6.22. The molecule has 2 N–H and O–H groups in total. The van der Waals surface area contributed by atoms with E-state index in [4.69, 9.17) is 5.73 Å². The summed E-state index contributed by atoms with van der Waals surface area (Å²) in [4.78, 5) is 2.49. The molecule has 88 valence electrons. The first-order chi connectivity index (χ1) is 7.59. The van der Waals surface area contributed by atoms with Gasteiger partial charge < -0.3 is 10.6 Å². The Morgan fingerprint density at radius 2 is 2.06 bits per heavy atom. The number of anilines is 1. The molecule has 1 unspecified atom stereocenters. The highest BCUT2D eigenvalue weighted by Gasteiger charge is 2.22. The lowest BCUT2D eigenvalue weighted by atomic mass is 10.00. The van der Waals surface area contributed by atoms with E-state index in [1.165, 1.54) is 16.8 Å². The first-order valence-corrected chi connectivity index (χ1v) is 6.22. The molecule has 0 bridgehead atoms. The fourth-order valence-corrected chi connectivity index (χ4v) is 2.58. The lowest BCUT2D eigenvalue weighted by molar-refractivity contribution is 0.622. The van der Waals surface area contributed by atoms with Crippen LogP contribution in [0.15, 0.2) is 18.2 Å². The molecule has 0 spiro atoms. The Kier molecular flexibility index (Phi) is 3.20. The van der Waals surface area contributed by atoms with Crippen LogP contribution < -0.4 is 10.6 Å². The second kappa shape index (κ2) is 4.46. The molecule has 1 atom stereocenters. The van der Waals surface area contributed by atoms with E-state index in [0.29, 0.717) is 5.92 Å². The zero-order valence-electron chi connectivity index (χ0n) is 10.5. The fourth-order valence-electron chi connectivity index (χ4n) is 2.58. The minimum absolute atomic E-state index is 0.147. The molecular formula is C14H22N2. The van der Waals surface area contributed by atoms with Crippen LogP contribution in [0.5, 0.6) is 0 Å². The van der Waals surface area contributed by atoms with Gasteiger partial charge in [0.2, 0.25) is 0 Å². The van der Waals surface area contributed by atoms with Gasteiger partial charge in [-0.2, -0.15) is 0 Å². The fraction of sp³-hybridized carbons (Fsp3) is 0.571. The summed E-state index contributed by atoms with van der Waals surface area (Å²) in [6.45, 7) is 8.91. The van der Waals surface area contributed by atoms with Crippen molar-refractivity contribution in [1.82, 2.24) is 0 Å². The number of fused-ring (bicyclic) bond motifs is 1. The van der Waals surface area contributed by atoms with E-state index in [1.54, 1.807) is 0 Å². The minimum atomic E-state index is 0.147. The average Bonchev–Trinajstić information content (AvgIpc) is 2.60. The molecule has 1 aromatic rings. The Hall–Kier alpha value is -1.02. The summed E-state index contributed by atoms with van der Waals surface area (Å²) >= 11 is 0. The van der Waals surface area contributed by atoms with Crippen LogP contribution in [-0.2, 0) is 6.42 Å². The molecule has 1 aromatic carbocycles. The zero-order valence-corrected chi connectivity index (χ0v) is 10.5. The number of hydrogen-bond donors (Lipinski definition) is 1. The molecule has 2 heteroatoms. The van der Waals surface area contributed by atoms with Gasteiger partial charge in [0, 0.05) is 24.8 Å². The SMILES string of the molecule is CC(C)CN1CCc2c(C(C)N)cccc21. The Balaban J connectivity index is 2.30. The van der Waals surface area contributed by atoms with Crippen molar-refractivity contribution in [1.29, 1.82) is 0 Å². The molecule has 0 fully saturated rings. The van der Waals surface area contributed by atoms with E-state index >= 15 is 0 Å². The molecule has 0 saturated heterocycles. The maximum Gasteiger partial charge on any atom is 0.0402 e. The third-order valence-electron chi connectivity index (χ3n) is 3.24. The standard InChI is InChI=1S/C14H22N2/c1-10(2)9-16-8-7-13-12(11(3)15)5-4-6-14(13)16/h4-6,10-11H,7-9,15H2,1-3H3. The third-order valence-corrected chi connectivity index (χ3v) is 3.24. The van der Waals surface area contributed by atoms with Crippen LogP contribution in [0.2, 0.25) is 0 Å². The summed E-state index contributed by atoms with van der Waals surface area (Å²) in [5, 5.41) is 0. The molecule has 0 aliphatic carbocycles. The van der Waals surface area contributed by atoms with E-state index in [2.05, 4.69) is 43.9 Å². The van der Waals surface area contributed by atoms with Gasteiger partial charge in [-0.25, -0.2) is 0 Å². The molecule has 2 nitrogen and oxygen atoms in total. The lowest BCUT2D eigenvalue weighted by Crippen LogP contribution is -2.25. The number of hydrogen-bond acceptors (Lipinski definition) is 2. The van der Waals surface area contributed by atoms with Crippen molar-refractivity contribution in [2.45, 2.75) is 33.2 Å². The zero-order chi connectivity index (χ0) is 11.7. The van der Waals surface area contributed by atoms with Gasteiger partial charge in [0.25, 0.3) is 0 Å². The quantitative estimate of drug-likeness (QED) is 0.845. The van der Waals surface area contributed by atoms with Crippen LogP contribution in [0.4, 0.5) is 5.69 Å². The summed E-state index contributed by atoms with van der Waals surface area (Å²) in [7, 11) is 0. The summed E-state index contributed by atoms with van der Waals surface area (Å²) in [6.07, 6.45) is 1.15. The Morgan fingerprint density at radius 1 is 1.31 bits per heavy atom. The number of nitrogens with two attached hydrogens (primary N) is 1. The molecule has 1 heterocycles. The van der Waals surface area contributed by atoms with Crippen LogP contribution in [0.25, 0.3) is 0 Å². The van der Waals surface area contributed by atoms with Crippen molar-refractivity contribution in [2.24, 2.45) is 11.7 Å². The molecule has 0 radical (unpaired) electrons. The van der Waals surface area contributed by atoms with Crippen LogP contribution in [-0.4, -0.2) is 13.1 Å². The largest absolute Gasteiger partial charge is 0.371 e. The maximum atomic E-state index is 6.01. The van der Waals surface area contributed by atoms with E-state index in [1.807, 2.05) is 0 Å². The van der Waals surface area contributed by atoms with Crippen molar-refractivity contribution in [3.63, 3.8) is 0 Å². The molecule has 1 aliphatic heterocycles. The minimum Gasteiger partial charge on any atom is -0.371 e. The Morgan fingerprint density at radius 3 is 2.69 bits per heavy atom. The predicted molar refractivity (Wildman–Crippen MR) is 69.8 cm³/mol. The Bertz CT molecular complexity index is 369. The number of rotatable bonds is 3. The third kappa shape index (κ3) is 2.07. The smallest absolute Gasteiger partial charge is 0.0402 e. The molecule has 0 amide bonds. The van der Waals surface area contributed by atoms with E-state index in [-0.39, 0.29) is 6.04 Å². The number of nitrogens with zero attached hydrogens (tertiary/aromatic N) is 1. The van der Waals surface area contributed by atoms with Gasteiger partial charge in [0.15, 0.2) is 0 Å². The number of benzene rings is 1. The molecule has 16 heavy (non-hydrogen) atoms. The lowest BCUT2D eigenvalue weighted by Gasteiger charge is -2.22. The van der Waals surface area contributed by atoms with Gasteiger partial charge in [-0.1, -0.05) is 26.0 Å². The normalized spacial score (nSPS) is 16.7. The molecule has 2 rings (SSSR count). The van der Waals surface area contributed by atoms with Gasteiger partial charge in [0.1, 0.15) is 0 Å². The average molecular weight is 218 g/mol. The van der Waals surface area contributed by atoms with Gasteiger partial charge in [0.05, 0.1) is 0 Å². The molecule has 1 aliphatic rings. The van der Waals surface area contributed by atoms with Crippen LogP contribution in [0, 0.1) is 5.92 Å². The maximum absolute atomic E-state index is 6.01. The summed E-state index contributed by atoms with van der Waals surface area (Å²) in [5.41, 5.74) is 10.2. The van der Waals surface area contributed by atoms with Crippen LogP contribution in [0.3, 0.4) is 0 Å². The predicted octanol–water partition coefficient (Wildman–Crippen LogP) is 2.72. The van der Waals surface area contributed by atoms with Crippen LogP contribution in [0.1, 0.15) is 37.9 Å². The second-order valence-corrected chi connectivity index (χ2v) is 5.22. The van der Waals surface area contributed by atoms with Gasteiger partial charge >= 0.3 is 0 Å². The van der Waals surface area contributed by atoms with Gasteiger partial charge in [-0.05, 0) is 36.5 Å². The molecule has 0 aromatic heterocycles. The van der Waals surface area contributed by atoms with E-state index in [0.717, 1.165) is 19.5 Å². The summed E-state index contributed by atoms with van der Waals surface area (Å²) in [5.74, 6) is 0.713. The van der Waals surface area contributed by atoms with Gasteiger partial charge in [-0.15, -0.1) is 0 Å². The van der Waals surface area contributed by atoms with E-state index in [9.17, 15) is 0 Å².